The number of hydrogen-bond donors (Lipinski definition) is 1. The van der Waals surface area contributed by atoms with E-state index in [0.717, 1.165) is 10.5 Å². The number of likely N-dealkylation sites (tertiary alicyclic amines) is 1. The Morgan fingerprint density at radius 1 is 0.750 bits per heavy atom. The monoisotopic (exact) mass is 602 g/mol. The molecule has 2 atom stereocenters. The quantitative estimate of drug-likeness (QED) is 0.120. The Hall–Kier alpha value is -5.16. The SMILES string of the molecule is CC(C)=C(C(=O)OCc1ccccc1)N1C(=O)[C@@H](NC(=O)COc2ccccc2)[C@H]1OCCOC(=O)COc1ccccc1. The number of carbonyl (C=O) groups excluding carboxylic acids is 4. The predicted molar refractivity (Wildman–Crippen MR) is 158 cm³/mol. The van der Waals surface area contributed by atoms with Crippen molar-refractivity contribution in [2.75, 3.05) is 26.4 Å². The second kappa shape index (κ2) is 15.9. The Balaban J connectivity index is 1.37. The maximum Gasteiger partial charge on any atom is 0.355 e. The van der Waals surface area contributed by atoms with Crippen molar-refractivity contribution in [2.45, 2.75) is 32.7 Å². The van der Waals surface area contributed by atoms with Gasteiger partial charge < -0.3 is 29.0 Å². The molecule has 3 aromatic rings. The summed E-state index contributed by atoms with van der Waals surface area (Å²) in [6.07, 6.45) is -1.07. The fourth-order valence-corrected chi connectivity index (χ4v) is 4.25. The van der Waals surface area contributed by atoms with Gasteiger partial charge in [0.2, 0.25) is 0 Å². The van der Waals surface area contributed by atoms with Crippen molar-refractivity contribution < 1.29 is 42.9 Å². The molecule has 0 radical (unpaired) electrons. The highest BCUT2D eigenvalue weighted by Crippen LogP contribution is 2.29. The Labute approximate surface area is 255 Å². The molecule has 4 rings (SSSR count). The first-order chi connectivity index (χ1) is 21.3. The van der Waals surface area contributed by atoms with Crippen molar-refractivity contribution in [3.63, 3.8) is 0 Å². The molecule has 1 N–H and O–H groups in total. The van der Waals surface area contributed by atoms with Crippen molar-refractivity contribution in [1.82, 2.24) is 10.2 Å². The number of esters is 2. The third-order valence-corrected chi connectivity index (χ3v) is 6.33. The molecule has 1 aliphatic rings. The fourth-order valence-electron chi connectivity index (χ4n) is 4.25. The number of nitrogens with zero attached hydrogens (tertiary/aromatic N) is 1. The topological polar surface area (TPSA) is 130 Å². The molecular weight excluding hydrogens is 568 g/mol. The van der Waals surface area contributed by atoms with Gasteiger partial charge >= 0.3 is 11.9 Å². The Morgan fingerprint density at radius 2 is 1.32 bits per heavy atom. The van der Waals surface area contributed by atoms with E-state index in [0.29, 0.717) is 17.1 Å². The average molecular weight is 603 g/mol. The summed E-state index contributed by atoms with van der Waals surface area (Å²) in [6, 6.07) is 25.6. The molecule has 1 aliphatic heterocycles. The molecule has 11 heteroatoms. The molecule has 0 aromatic heterocycles. The summed E-state index contributed by atoms with van der Waals surface area (Å²) in [4.78, 5) is 52.4. The fraction of sp³-hybridized carbons (Fsp3) is 0.273. The van der Waals surface area contributed by atoms with Crippen molar-refractivity contribution in [3.05, 3.63) is 108 Å². The third-order valence-electron chi connectivity index (χ3n) is 6.33. The first-order valence-corrected chi connectivity index (χ1v) is 14.0. The summed E-state index contributed by atoms with van der Waals surface area (Å²) < 4.78 is 27.4. The van der Waals surface area contributed by atoms with E-state index in [-0.39, 0.29) is 38.7 Å². The number of hydrogen-bond acceptors (Lipinski definition) is 9. The largest absolute Gasteiger partial charge is 0.484 e. The molecule has 1 heterocycles. The minimum Gasteiger partial charge on any atom is -0.484 e. The van der Waals surface area contributed by atoms with Crippen molar-refractivity contribution >= 4 is 23.8 Å². The highest BCUT2D eigenvalue weighted by molar-refractivity contribution is 6.01. The number of nitrogens with one attached hydrogen (secondary N) is 1. The summed E-state index contributed by atoms with van der Waals surface area (Å²) >= 11 is 0. The van der Waals surface area contributed by atoms with Crippen LogP contribution in [0.3, 0.4) is 0 Å². The smallest absolute Gasteiger partial charge is 0.355 e. The lowest BCUT2D eigenvalue weighted by Crippen LogP contribution is -2.72. The van der Waals surface area contributed by atoms with Gasteiger partial charge in [-0.25, -0.2) is 9.59 Å². The van der Waals surface area contributed by atoms with Crippen LogP contribution in [0.1, 0.15) is 19.4 Å². The van der Waals surface area contributed by atoms with Crippen LogP contribution in [0.15, 0.2) is 102 Å². The van der Waals surface area contributed by atoms with E-state index in [2.05, 4.69) is 5.32 Å². The first kappa shape index (κ1) is 31.8. The van der Waals surface area contributed by atoms with Gasteiger partial charge in [-0.2, -0.15) is 0 Å². The lowest BCUT2D eigenvalue weighted by Gasteiger charge is -2.46. The maximum atomic E-state index is 13.3. The van der Waals surface area contributed by atoms with Gasteiger partial charge in [0.25, 0.3) is 11.8 Å². The molecule has 1 fully saturated rings. The number of rotatable bonds is 15. The van der Waals surface area contributed by atoms with Crippen LogP contribution in [-0.2, 0) is 40.0 Å². The van der Waals surface area contributed by atoms with Crippen LogP contribution in [0, 0.1) is 0 Å². The van der Waals surface area contributed by atoms with E-state index >= 15 is 0 Å². The van der Waals surface area contributed by atoms with E-state index < -0.39 is 36.0 Å². The van der Waals surface area contributed by atoms with Gasteiger partial charge in [-0.15, -0.1) is 0 Å². The predicted octanol–water partition coefficient (Wildman–Crippen LogP) is 3.39. The Bertz CT molecular complexity index is 1440. The summed E-state index contributed by atoms with van der Waals surface area (Å²) in [5.41, 5.74) is 1.28. The van der Waals surface area contributed by atoms with Gasteiger partial charge in [0.1, 0.15) is 30.4 Å². The highest BCUT2D eigenvalue weighted by Gasteiger charge is 2.52. The Morgan fingerprint density at radius 3 is 1.91 bits per heavy atom. The van der Waals surface area contributed by atoms with Crippen molar-refractivity contribution in [3.8, 4) is 11.5 Å². The first-order valence-electron chi connectivity index (χ1n) is 14.0. The zero-order chi connectivity index (χ0) is 31.3. The second-order valence-electron chi connectivity index (χ2n) is 9.85. The normalized spacial score (nSPS) is 15.4. The number of β-lactam (4-membered cyclic amide) rings is 1. The maximum absolute atomic E-state index is 13.3. The number of amides is 2. The van der Waals surface area contributed by atoms with Crippen LogP contribution in [-0.4, -0.2) is 67.4 Å². The van der Waals surface area contributed by atoms with Gasteiger partial charge in [0, 0.05) is 0 Å². The molecule has 0 aliphatic carbocycles. The van der Waals surface area contributed by atoms with Crippen LogP contribution in [0.2, 0.25) is 0 Å². The molecule has 3 aromatic carbocycles. The summed E-state index contributed by atoms with van der Waals surface area (Å²) in [6.45, 7) is 2.40. The lowest BCUT2D eigenvalue weighted by molar-refractivity contribution is -0.185. The van der Waals surface area contributed by atoms with Crippen LogP contribution < -0.4 is 14.8 Å². The van der Waals surface area contributed by atoms with Crippen LogP contribution >= 0.6 is 0 Å². The molecule has 0 bridgehead atoms. The molecule has 0 unspecified atom stereocenters. The van der Waals surface area contributed by atoms with Crippen molar-refractivity contribution in [2.24, 2.45) is 0 Å². The van der Waals surface area contributed by atoms with Gasteiger partial charge in [-0.1, -0.05) is 66.7 Å². The van der Waals surface area contributed by atoms with Gasteiger partial charge in [0.05, 0.1) is 6.61 Å². The number of ether oxygens (including phenoxy) is 5. The van der Waals surface area contributed by atoms with Crippen LogP contribution in [0.4, 0.5) is 0 Å². The zero-order valence-electron chi connectivity index (χ0n) is 24.5. The second-order valence-corrected chi connectivity index (χ2v) is 9.85. The van der Waals surface area contributed by atoms with E-state index in [9.17, 15) is 19.2 Å². The van der Waals surface area contributed by atoms with E-state index in [1.165, 1.54) is 0 Å². The third kappa shape index (κ3) is 8.92. The number of para-hydroxylation sites is 2. The molecular formula is C33H34N2O9. The number of carbonyl (C=O) groups is 4. The minimum absolute atomic E-state index is 0.00199. The molecule has 230 valence electrons. The van der Waals surface area contributed by atoms with E-state index in [4.69, 9.17) is 23.7 Å². The number of allylic oxidation sites excluding steroid dienone is 1. The van der Waals surface area contributed by atoms with Gasteiger partial charge in [-0.05, 0) is 49.2 Å². The zero-order valence-corrected chi connectivity index (χ0v) is 24.5. The molecule has 2 amide bonds. The lowest BCUT2D eigenvalue weighted by atomic mass is 10.0. The van der Waals surface area contributed by atoms with Crippen molar-refractivity contribution in [1.29, 1.82) is 0 Å². The van der Waals surface area contributed by atoms with Gasteiger partial charge in [-0.3, -0.25) is 14.5 Å². The Kier molecular flexibility index (Phi) is 11.5. The molecule has 0 saturated carbocycles. The molecule has 0 spiro atoms. The minimum atomic E-state index is -1.12. The summed E-state index contributed by atoms with van der Waals surface area (Å²) in [5.74, 6) is -1.45. The number of benzene rings is 3. The molecule has 1 saturated heterocycles. The highest BCUT2D eigenvalue weighted by atomic mass is 16.6. The summed E-state index contributed by atoms with van der Waals surface area (Å²) in [7, 11) is 0. The van der Waals surface area contributed by atoms with E-state index in [1.54, 1.807) is 62.4 Å². The standard InChI is InChI=1S/C33H34N2O9/c1-23(2)30(33(39)44-20-24-12-6-3-7-13-24)35-31(38)29(34-27(36)21-42-25-14-8-4-9-15-25)32(35)41-19-18-40-28(37)22-43-26-16-10-5-11-17-26/h3-17,29,32H,18-22H2,1-2H3,(H,34,36)/t29-,32-/m1/s1. The molecule has 11 nitrogen and oxygen atoms in total. The van der Waals surface area contributed by atoms with Crippen LogP contribution in [0.25, 0.3) is 0 Å². The van der Waals surface area contributed by atoms with Gasteiger partial charge in [0.15, 0.2) is 25.5 Å². The average Bonchev–Trinajstić information content (AvgIpc) is 3.05. The van der Waals surface area contributed by atoms with E-state index in [1.807, 2.05) is 42.5 Å². The summed E-state index contributed by atoms with van der Waals surface area (Å²) in [5, 5.41) is 2.61. The molecule has 44 heavy (non-hydrogen) atoms. The van der Waals surface area contributed by atoms with Crippen LogP contribution in [0.5, 0.6) is 11.5 Å².